The van der Waals surface area contributed by atoms with Crippen molar-refractivity contribution in [3.63, 3.8) is 0 Å². The maximum absolute atomic E-state index is 13.7. The van der Waals surface area contributed by atoms with Crippen molar-refractivity contribution in [2.75, 3.05) is 0 Å². The Morgan fingerprint density at radius 2 is 1.94 bits per heavy atom. The van der Waals surface area contributed by atoms with E-state index in [1.54, 1.807) is 6.07 Å². The number of hydrogen-bond donors (Lipinski definition) is 1. The van der Waals surface area contributed by atoms with Crippen LogP contribution in [0.3, 0.4) is 0 Å². The molecule has 3 heteroatoms. The highest BCUT2D eigenvalue weighted by molar-refractivity contribution is 6.30. The SMILES string of the molecule is Cc1ccccc1CC(O)c1ccc(Cl)cc1F. The molecule has 0 fully saturated rings. The Bertz CT molecular complexity index is 554. The van der Waals surface area contributed by atoms with E-state index in [-0.39, 0.29) is 5.56 Å². The van der Waals surface area contributed by atoms with Crippen LogP contribution in [-0.2, 0) is 6.42 Å². The first-order valence-electron chi connectivity index (χ1n) is 5.75. The molecule has 1 nitrogen and oxygen atoms in total. The van der Waals surface area contributed by atoms with Crippen LogP contribution < -0.4 is 0 Å². The molecule has 0 radical (unpaired) electrons. The number of hydrogen-bond acceptors (Lipinski definition) is 1. The summed E-state index contributed by atoms with van der Waals surface area (Å²) < 4.78 is 13.7. The molecule has 1 unspecified atom stereocenters. The molecule has 0 saturated heterocycles. The monoisotopic (exact) mass is 264 g/mol. The van der Waals surface area contributed by atoms with E-state index in [1.807, 2.05) is 31.2 Å². The number of benzene rings is 2. The highest BCUT2D eigenvalue weighted by Gasteiger charge is 2.14. The van der Waals surface area contributed by atoms with Crippen LogP contribution in [0.1, 0.15) is 22.8 Å². The van der Waals surface area contributed by atoms with Crippen LogP contribution in [0.4, 0.5) is 4.39 Å². The van der Waals surface area contributed by atoms with Gasteiger partial charge in [0, 0.05) is 17.0 Å². The molecule has 0 aliphatic heterocycles. The molecule has 94 valence electrons. The molecule has 0 spiro atoms. The molecule has 0 aromatic heterocycles. The molecule has 0 saturated carbocycles. The fourth-order valence-electron chi connectivity index (χ4n) is 1.93. The zero-order chi connectivity index (χ0) is 13.1. The van der Waals surface area contributed by atoms with E-state index in [1.165, 1.54) is 12.1 Å². The maximum atomic E-state index is 13.7. The summed E-state index contributed by atoms with van der Waals surface area (Å²) in [6.45, 7) is 1.97. The maximum Gasteiger partial charge on any atom is 0.130 e. The highest BCUT2D eigenvalue weighted by Crippen LogP contribution is 2.24. The van der Waals surface area contributed by atoms with E-state index in [4.69, 9.17) is 11.6 Å². The minimum Gasteiger partial charge on any atom is -0.388 e. The summed E-state index contributed by atoms with van der Waals surface area (Å²) in [5.74, 6) is -0.469. The standard InChI is InChI=1S/C15H14ClFO/c1-10-4-2-3-5-11(10)8-15(18)13-7-6-12(16)9-14(13)17/h2-7,9,15,18H,8H2,1H3. The van der Waals surface area contributed by atoms with Crippen LogP contribution in [0.15, 0.2) is 42.5 Å². The summed E-state index contributed by atoms with van der Waals surface area (Å²) in [5, 5.41) is 10.4. The quantitative estimate of drug-likeness (QED) is 0.886. The second kappa shape index (κ2) is 5.51. The van der Waals surface area contributed by atoms with Crippen molar-refractivity contribution in [2.45, 2.75) is 19.4 Å². The number of aliphatic hydroxyl groups excluding tert-OH is 1. The molecule has 2 aromatic carbocycles. The number of aryl methyl sites for hydroxylation is 1. The molecule has 2 aromatic rings. The Hall–Kier alpha value is -1.38. The second-order valence-corrected chi connectivity index (χ2v) is 4.75. The van der Waals surface area contributed by atoms with Crippen molar-refractivity contribution in [3.8, 4) is 0 Å². The zero-order valence-electron chi connectivity index (χ0n) is 10.0. The van der Waals surface area contributed by atoms with Gasteiger partial charge in [-0.1, -0.05) is 41.9 Å². The lowest BCUT2D eigenvalue weighted by Gasteiger charge is -2.13. The van der Waals surface area contributed by atoms with E-state index in [0.29, 0.717) is 11.4 Å². The molecule has 18 heavy (non-hydrogen) atoms. The Balaban J connectivity index is 2.22. The lowest BCUT2D eigenvalue weighted by Crippen LogP contribution is -2.05. The first kappa shape index (κ1) is 13.1. The van der Waals surface area contributed by atoms with Gasteiger partial charge in [0.1, 0.15) is 5.82 Å². The van der Waals surface area contributed by atoms with Crippen molar-refractivity contribution in [2.24, 2.45) is 0 Å². The van der Waals surface area contributed by atoms with Gasteiger partial charge in [-0.2, -0.15) is 0 Å². The Labute approximate surface area is 111 Å². The van der Waals surface area contributed by atoms with Gasteiger partial charge < -0.3 is 5.11 Å². The number of rotatable bonds is 3. The Kier molecular flexibility index (Phi) is 4.00. The Morgan fingerprint density at radius 3 is 2.61 bits per heavy atom. The van der Waals surface area contributed by atoms with Crippen LogP contribution >= 0.6 is 11.6 Å². The summed E-state index contributed by atoms with van der Waals surface area (Å²) >= 11 is 5.69. The summed E-state index contributed by atoms with van der Waals surface area (Å²) in [7, 11) is 0. The smallest absolute Gasteiger partial charge is 0.130 e. The third-order valence-electron chi connectivity index (χ3n) is 3.00. The first-order chi connectivity index (χ1) is 8.58. The third kappa shape index (κ3) is 2.89. The van der Waals surface area contributed by atoms with E-state index < -0.39 is 11.9 Å². The third-order valence-corrected chi connectivity index (χ3v) is 3.23. The van der Waals surface area contributed by atoms with Gasteiger partial charge in [0.15, 0.2) is 0 Å². The van der Waals surface area contributed by atoms with Gasteiger partial charge in [0.05, 0.1) is 6.10 Å². The van der Waals surface area contributed by atoms with Gasteiger partial charge in [0.2, 0.25) is 0 Å². The summed E-state index contributed by atoms with van der Waals surface area (Å²) in [5.41, 5.74) is 2.38. The average molecular weight is 265 g/mol. The fraction of sp³-hybridized carbons (Fsp3) is 0.200. The zero-order valence-corrected chi connectivity index (χ0v) is 10.8. The van der Waals surface area contributed by atoms with Gasteiger partial charge in [-0.15, -0.1) is 0 Å². The van der Waals surface area contributed by atoms with Crippen LogP contribution in [-0.4, -0.2) is 5.11 Å². The summed E-state index contributed by atoms with van der Waals surface area (Å²) in [4.78, 5) is 0. The molecule has 0 aliphatic carbocycles. The fourth-order valence-corrected chi connectivity index (χ4v) is 2.09. The van der Waals surface area contributed by atoms with Crippen molar-refractivity contribution in [3.05, 3.63) is 70.0 Å². The molecule has 1 atom stereocenters. The minimum atomic E-state index is -0.858. The minimum absolute atomic E-state index is 0.280. The van der Waals surface area contributed by atoms with Gasteiger partial charge in [-0.25, -0.2) is 4.39 Å². The molecular formula is C15H14ClFO. The molecular weight excluding hydrogens is 251 g/mol. The van der Waals surface area contributed by atoms with Gasteiger partial charge in [0.25, 0.3) is 0 Å². The Morgan fingerprint density at radius 1 is 1.22 bits per heavy atom. The van der Waals surface area contributed by atoms with E-state index >= 15 is 0 Å². The molecule has 0 amide bonds. The predicted octanol–water partition coefficient (Wildman–Crippen LogP) is 4.06. The van der Waals surface area contributed by atoms with E-state index in [9.17, 15) is 9.50 Å². The predicted molar refractivity (Wildman–Crippen MR) is 71.3 cm³/mol. The largest absolute Gasteiger partial charge is 0.388 e. The molecule has 1 N–H and O–H groups in total. The normalized spacial score (nSPS) is 12.4. The summed E-state index contributed by atoms with van der Waals surface area (Å²) in [6, 6.07) is 12.1. The highest BCUT2D eigenvalue weighted by atomic mass is 35.5. The molecule has 0 bridgehead atoms. The van der Waals surface area contributed by atoms with Crippen molar-refractivity contribution in [1.29, 1.82) is 0 Å². The lowest BCUT2D eigenvalue weighted by atomic mass is 9.98. The molecule has 0 heterocycles. The van der Waals surface area contributed by atoms with Crippen molar-refractivity contribution >= 4 is 11.6 Å². The van der Waals surface area contributed by atoms with Crippen molar-refractivity contribution in [1.82, 2.24) is 0 Å². The van der Waals surface area contributed by atoms with Gasteiger partial charge in [-0.05, 0) is 30.2 Å². The van der Waals surface area contributed by atoms with Crippen LogP contribution in [0.2, 0.25) is 5.02 Å². The lowest BCUT2D eigenvalue weighted by molar-refractivity contribution is 0.173. The second-order valence-electron chi connectivity index (χ2n) is 4.31. The molecule has 0 aliphatic rings. The molecule has 2 rings (SSSR count). The van der Waals surface area contributed by atoms with Crippen LogP contribution in [0.25, 0.3) is 0 Å². The average Bonchev–Trinajstić information content (AvgIpc) is 2.32. The summed E-state index contributed by atoms with van der Waals surface area (Å²) in [6.07, 6.45) is -0.464. The van der Waals surface area contributed by atoms with E-state index in [0.717, 1.165) is 11.1 Å². The van der Waals surface area contributed by atoms with Crippen LogP contribution in [0.5, 0.6) is 0 Å². The first-order valence-corrected chi connectivity index (χ1v) is 6.13. The number of aliphatic hydroxyl groups is 1. The van der Waals surface area contributed by atoms with Crippen LogP contribution in [0, 0.1) is 12.7 Å². The number of halogens is 2. The van der Waals surface area contributed by atoms with E-state index in [2.05, 4.69) is 0 Å². The van der Waals surface area contributed by atoms with Gasteiger partial charge >= 0.3 is 0 Å². The topological polar surface area (TPSA) is 20.2 Å². The van der Waals surface area contributed by atoms with Crippen molar-refractivity contribution < 1.29 is 9.50 Å². The van der Waals surface area contributed by atoms with Gasteiger partial charge in [-0.3, -0.25) is 0 Å².